The number of carbonyl (C=O) groups is 2. The van der Waals surface area contributed by atoms with Crippen LogP contribution in [0.15, 0.2) is 35.5 Å². The molecule has 0 N–H and O–H groups in total. The van der Waals surface area contributed by atoms with Gasteiger partial charge >= 0.3 is 5.97 Å². The summed E-state index contributed by atoms with van der Waals surface area (Å²) in [5.41, 5.74) is 3.39. The number of likely N-dealkylation sites (tertiary alicyclic amines) is 1. The molecule has 0 spiro atoms. The number of amides is 1. The fourth-order valence-corrected chi connectivity index (χ4v) is 4.21. The Balaban J connectivity index is 1.85. The number of ether oxygens (including phenoxy) is 1. The second-order valence-electron chi connectivity index (χ2n) is 8.20. The third kappa shape index (κ3) is 6.45. The van der Waals surface area contributed by atoms with Crippen LogP contribution in [-0.4, -0.2) is 48.8 Å². The molecule has 1 fully saturated rings. The van der Waals surface area contributed by atoms with Gasteiger partial charge in [-0.25, -0.2) is 4.79 Å². The molecule has 2 heterocycles. The summed E-state index contributed by atoms with van der Waals surface area (Å²) in [4.78, 5) is 32.5. The molecule has 0 atom stereocenters. The van der Waals surface area contributed by atoms with E-state index in [1.54, 1.807) is 0 Å². The Labute approximate surface area is 194 Å². The number of carbonyl (C=O) groups excluding carboxylic acids is 2. The lowest BCUT2D eigenvalue weighted by atomic mass is 9.94. The van der Waals surface area contributed by atoms with Gasteiger partial charge in [-0.2, -0.15) is 0 Å². The van der Waals surface area contributed by atoms with Crippen molar-refractivity contribution in [1.82, 2.24) is 4.90 Å². The third-order valence-electron chi connectivity index (χ3n) is 5.67. The molecule has 32 heavy (non-hydrogen) atoms. The van der Waals surface area contributed by atoms with E-state index in [2.05, 4.69) is 5.16 Å². The number of esters is 1. The molecule has 7 heteroatoms. The van der Waals surface area contributed by atoms with Gasteiger partial charge in [-0.05, 0) is 68.7 Å². The first-order valence-electron chi connectivity index (χ1n) is 11.2. The van der Waals surface area contributed by atoms with Crippen molar-refractivity contribution < 1.29 is 19.2 Å². The standard InChI is InChI=1S/C25H31ClN2O4/c1-18-15-19(2)24(26)21-16-20(27-32-17-22(29)28-12-8-6-9-13-28)11-7-4-3-5-10-14-31-25(30)23(18)21/h5,7,10-11,15H,3-4,6,8-9,12-14,16-17H2,1-2H3/b10-5+,11-7+,27-20+. The zero-order valence-corrected chi connectivity index (χ0v) is 19.6. The summed E-state index contributed by atoms with van der Waals surface area (Å²) in [6.45, 7) is 5.44. The van der Waals surface area contributed by atoms with Crippen LogP contribution in [0, 0.1) is 13.8 Å². The number of benzene rings is 1. The van der Waals surface area contributed by atoms with Crippen molar-refractivity contribution in [2.75, 3.05) is 26.3 Å². The number of cyclic esters (lactones) is 1. The number of hydrogen-bond acceptors (Lipinski definition) is 5. The average Bonchev–Trinajstić information content (AvgIpc) is 2.80. The molecule has 1 saturated heterocycles. The fourth-order valence-electron chi connectivity index (χ4n) is 4.00. The van der Waals surface area contributed by atoms with Gasteiger partial charge in [-0.1, -0.05) is 41.1 Å². The fraction of sp³-hybridized carbons (Fsp3) is 0.480. The SMILES string of the molecule is Cc1cc(C)c2c(c1Cl)CC(=N/OCC(=O)N1CCCCC1)/C=C/CC/C=C/COC2=O. The molecule has 3 rings (SSSR count). The van der Waals surface area contributed by atoms with Crippen molar-refractivity contribution in [3.63, 3.8) is 0 Å². The molecule has 1 aromatic carbocycles. The predicted octanol–water partition coefficient (Wildman–Crippen LogP) is 4.95. The maximum absolute atomic E-state index is 12.8. The van der Waals surface area contributed by atoms with E-state index in [9.17, 15) is 9.59 Å². The van der Waals surface area contributed by atoms with E-state index in [-0.39, 0.29) is 19.1 Å². The van der Waals surface area contributed by atoms with E-state index in [1.807, 2.05) is 49.1 Å². The molecule has 0 unspecified atom stereocenters. The van der Waals surface area contributed by atoms with Gasteiger partial charge in [0, 0.05) is 24.5 Å². The van der Waals surface area contributed by atoms with Gasteiger partial charge in [0.1, 0.15) is 6.61 Å². The first-order valence-corrected chi connectivity index (χ1v) is 11.6. The van der Waals surface area contributed by atoms with E-state index >= 15 is 0 Å². The quantitative estimate of drug-likeness (QED) is 0.365. The van der Waals surface area contributed by atoms with Gasteiger partial charge in [0.15, 0.2) is 6.61 Å². The Bertz CT molecular complexity index is 930. The van der Waals surface area contributed by atoms with Gasteiger partial charge in [0.25, 0.3) is 5.91 Å². The van der Waals surface area contributed by atoms with Crippen LogP contribution in [0.4, 0.5) is 0 Å². The molecule has 2 aliphatic rings. The lowest BCUT2D eigenvalue weighted by molar-refractivity contribution is -0.137. The summed E-state index contributed by atoms with van der Waals surface area (Å²) in [5.74, 6) is -0.464. The van der Waals surface area contributed by atoms with Crippen LogP contribution in [0.2, 0.25) is 5.02 Å². The van der Waals surface area contributed by atoms with Gasteiger partial charge in [0.2, 0.25) is 0 Å². The molecular formula is C25H31ClN2O4. The lowest BCUT2D eigenvalue weighted by Crippen LogP contribution is -2.37. The van der Waals surface area contributed by atoms with E-state index in [1.165, 1.54) is 0 Å². The summed E-state index contributed by atoms with van der Waals surface area (Å²) >= 11 is 6.62. The molecule has 0 radical (unpaired) electrons. The molecular weight excluding hydrogens is 428 g/mol. The van der Waals surface area contributed by atoms with E-state index in [0.29, 0.717) is 28.3 Å². The van der Waals surface area contributed by atoms with Crippen LogP contribution < -0.4 is 0 Å². The minimum absolute atomic E-state index is 0.0542. The number of nitrogens with zero attached hydrogens (tertiary/aromatic N) is 2. The number of rotatable bonds is 3. The minimum Gasteiger partial charge on any atom is -0.458 e. The van der Waals surface area contributed by atoms with Crippen LogP contribution in [0.1, 0.15) is 59.2 Å². The topological polar surface area (TPSA) is 68.2 Å². The summed E-state index contributed by atoms with van der Waals surface area (Å²) in [5, 5.41) is 4.76. The second kappa shape index (κ2) is 11.9. The molecule has 0 bridgehead atoms. The number of halogens is 1. The number of allylic oxidation sites excluding steroid dienone is 3. The van der Waals surface area contributed by atoms with Crippen molar-refractivity contribution >= 4 is 29.2 Å². The lowest BCUT2D eigenvalue weighted by Gasteiger charge is -2.26. The highest BCUT2D eigenvalue weighted by atomic mass is 35.5. The van der Waals surface area contributed by atoms with E-state index < -0.39 is 5.97 Å². The summed E-state index contributed by atoms with van der Waals surface area (Å²) in [6.07, 6.45) is 12.9. The van der Waals surface area contributed by atoms with Crippen LogP contribution in [0.3, 0.4) is 0 Å². The van der Waals surface area contributed by atoms with E-state index in [4.69, 9.17) is 21.2 Å². The Hall–Kier alpha value is -2.60. The van der Waals surface area contributed by atoms with Crippen molar-refractivity contribution in [3.8, 4) is 0 Å². The molecule has 172 valence electrons. The normalized spacial score (nSPS) is 20.9. The molecule has 0 aliphatic carbocycles. The third-order valence-corrected chi connectivity index (χ3v) is 6.19. The first kappa shape index (κ1) is 24.1. The Kier molecular flexibility index (Phi) is 8.91. The number of fused-ring (bicyclic) bond motifs is 1. The molecule has 2 aliphatic heterocycles. The maximum Gasteiger partial charge on any atom is 0.339 e. The summed E-state index contributed by atoms with van der Waals surface area (Å²) in [7, 11) is 0. The molecule has 1 amide bonds. The second-order valence-corrected chi connectivity index (χ2v) is 8.58. The Morgan fingerprint density at radius 3 is 2.66 bits per heavy atom. The smallest absolute Gasteiger partial charge is 0.339 e. The van der Waals surface area contributed by atoms with Crippen LogP contribution in [0.25, 0.3) is 0 Å². The maximum atomic E-state index is 12.8. The van der Waals surface area contributed by atoms with Crippen LogP contribution in [0.5, 0.6) is 0 Å². The zero-order valence-electron chi connectivity index (χ0n) is 18.9. The zero-order chi connectivity index (χ0) is 22.9. The van der Waals surface area contributed by atoms with Crippen molar-refractivity contribution in [1.29, 1.82) is 0 Å². The predicted molar refractivity (Wildman–Crippen MR) is 126 cm³/mol. The first-order chi connectivity index (χ1) is 15.5. The van der Waals surface area contributed by atoms with Gasteiger partial charge in [0.05, 0.1) is 11.3 Å². The monoisotopic (exact) mass is 458 g/mol. The summed E-state index contributed by atoms with van der Waals surface area (Å²) in [6, 6.07) is 1.89. The Morgan fingerprint density at radius 1 is 1.12 bits per heavy atom. The van der Waals surface area contributed by atoms with Gasteiger partial charge in [-0.3, -0.25) is 4.79 Å². The molecule has 1 aromatic rings. The van der Waals surface area contributed by atoms with Crippen LogP contribution in [-0.2, 0) is 20.8 Å². The number of aryl methyl sites for hydroxylation is 2. The van der Waals surface area contributed by atoms with Crippen molar-refractivity contribution in [2.24, 2.45) is 5.16 Å². The molecule has 6 nitrogen and oxygen atoms in total. The minimum atomic E-state index is -0.409. The highest BCUT2D eigenvalue weighted by molar-refractivity contribution is 6.33. The molecule has 0 saturated carbocycles. The number of piperidine rings is 1. The van der Waals surface area contributed by atoms with Crippen molar-refractivity contribution in [2.45, 2.75) is 52.4 Å². The number of oxime groups is 1. The largest absolute Gasteiger partial charge is 0.458 e. The Morgan fingerprint density at radius 2 is 1.88 bits per heavy atom. The highest BCUT2D eigenvalue weighted by Crippen LogP contribution is 2.29. The van der Waals surface area contributed by atoms with Gasteiger partial charge in [-0.15, -0.1) is 0 Å². The van der Waals surface area contributed by atoms with Crippen LogP contribution >= 0.6 is 11.6 Å². The highest BCUT2D eigenvalue weighted by Gasteiger charge is 2.22. The van der Waals surface area contributed by atoms with Gasteiger partial charge < -0.3 is 14.5 Å². The van der Waals surface area contributed by atoms with E-state index in [0.717, 1.165) is 56.3 Å². The molecule has 0 aromatic heterocycles. The number of hydrogen-bond donors (Lipinski definition) is 0. The van der Waals surface area contributed by atoms with Crippen molar-refractivity contribution in [3.05, 3.63) is 57.6 Å². The average molecular weight is 459 g/mol. The summed E-state index contributed by atoms with van der Waals surface area (Å²) < 4.78 is 5.45.